The molecule has 1 N–H and O–H groups in total. The molecule has 39 heavy (non-hydrogen) atoms. The molecular weight excluding hydrogens is 499 g/mol. The molecule has 0 unspecified atom stereocenters. The minimum absolute atomic E-state index is 0.0520. The molecule has 1 spiro atoms. The van der Waals surface area contributed by atoms with Gasteiger partial charge in [-0.1, -0.05) is 30.3 Å². The Kier molecular flexibility index (Phi) is 7.49. The number of ether oxygens (including phenoxy) is 1. The average Bonchev–Trinajstić information content (AvgIpc) is 3.21. The number of hydrogen-bond acceptors (Lipinski definition) is 5. The van der Waals surface area contributed by atoms with E-state index in [1.54, 1.807) is 53.3 Å². The molecule has 8 nitrogen and oxygen atoms in total. The smallest absolute Gasteiger partial charge is 0.250 e. The van der Waals surface area contributed by atoms with Gasteiger partial charge in [-0.05, 0) is 66.9 Å². The van der Waals surface area contributed by atoms with E-state index in [1.807, 2.05) is 30.3 Å². The molecule has 3 aromatic carbocycles. The van der Waals surface area contributed by atoms with Crippen LogP contribution < -0.4 is 15.0 Å². The van der Waals surface area contributed by atoms with Gasteiger partial charge in [0.2, 0.25) is 11.8 Å². The fourth-order valence-electron chi connectivity index (χ4n) is 5.39. The number of nitrogens with zero attached hydrogens (tertiary/aromatic N) is 3. The van der Waals surface area contributed by atoms with Gasteiger partial charge in [-0.15, -0.1) is 0 Å². The molecule has 0 aromatic heterocycles. The van der Waals surface area contributed by atoms with Crippen molar-refractivity contribution < 1.29 is 23.5 Å². The first-order chi connectivity index (χ1) is 18.9. The Bertz CT molecular complexity index is 1320. The first kappa shape index (κ1) is 26.2. The van der Waals surface area contributed by atoms with Gasteiger partial charge in [0.05, 0.1) is 20.2 Å². The molecule has 0 bridgehead atoms. The molecule has 0 atom stereocenters. The zero-order valence-corrected chi connectivity index (χ0v) is 21.8. The normalized spacial score (nSPS) is 16.5. The number of carbonyl (C=O) groups excluding carboxylic acids is 3. The third-order valence-electron chi connectivity index (χ3n) is 7.50. The Morgan fingerprint density at radius 3 is 2.26 bits per heavy atom. The first-order valence-electron chi connectivity index (χ1n) is 13.0. The van der Waals surface area contributed by atoms with Crippen LogP contribution in [0.25, 0.3) is 0 Å². The number of anilines is 2. The maximum atomic E-state index is 13.9. The Hall–Kier alpha value is -4.40. The fourth-order valence-corrected chi connectivity index (χ4v) is 5.39. The van der Waals surface area contributed by atoms with Gasteiger partial charge >= 0.3 is 0 Å². The molecule has 2 heterocycles. The van der Waals surface area contributed by atoms with E-state index in [4.69, 9.17) is 4.74 Å². The van der Waals surface area contributed by atoms with Crippen LogP contribution in [0.1, 0.15) is 18.4 Å². The molecule has 2 aliphatic heterocycles. The highest BCUT2D eigenvalue weighted by molar-refractivity contribution is 5.99. The largest absolute Gasteiger partial charge is 0.497 e. The highest BCUT2D eigenvalue weighted by atomic mass is 19.1. The predicted octanol–water partition coefficient (Wildman–Crippen LogP) is 3.68. The summed E-state index contributed by atoms with van der Waals surface area (Å²) in [4.78, 5) is 45.2. The van der Waals surface area contributed by atoms with Crippen LogP contribution in [0.2, 0.25) is 0 Å². The zero-order valence-electron chi connectivity index (χ0n) is 21.8. The van der Waals surface area contributed by atoms with Gasteiger partial charge in [0.15, 0.2) is 0 Å². The van der Waals surface area contributed by atoms with Crippen molar-refractivity contribution in [2.75, 3.05) is 43.6 Å². The summed E-state index contributed by atoms with van der Waals surface area (Å²) in [6.07, 6.45) is 1.08. The van der Waals surface area contributed by atoms with E-state index in [1.165, 1.54) is 12.1 Å². The first-order valence-corrected chi connectivity index (χ1v) is 13.0. The quantitative estimate of drug-likeness (QED) is 0.504. The fraction of sp³-hybridized carbons (Fsp3) is 0.300. The van der Waals surface area contributed by atoms with E-state index in [0.29, 0.717) is 37.4 Å². The van der Waals surface area contributed by atoms with Gasteiger partial charge in [-0.2, -0.15) is 0 Å². The van der Waals surface area contributed by atoms with Crippen molar-refractivity contribution in [3.8, 4) is 5.75 Å². The summed E-state index contributed by atoms with van der Waals surface area (Å²) in [6, 6.07) is 22.6. The van der Waals surface area contributed by atoms with E-state index in [2.05, 4.69) is 10.2 Å². The molecule has 2 aliphatic rings. The van der Waals surface area contributed by atoms with Gasteiger partial charge in [0.25, 0.3) is 5.91 Å². The highest BCUT2D eigenvalue weighted by Gasteiger charge is 2.54. The minimum Gasteiger partial charge on any atom is -0.497 e. The van der Waals surface area contributed by atoms with Gasteiger partial charge in [-0.25, -0.2) is 4.39 Å². The number of carbonyl (C=O) groups is 3. The molecule has 0 aliphatic carbocycles. The summed E-state index contributed by atoms with van der Waals surface area (Å²) in [7, 11) is 1.58. The lowest BCUT2D eigenvalue weighted by atomic mass is 9.85. The predicted molar refractivity (Wildman–Crippen MR) is 146 cm³/mol. The SMILES string of the molecule is COc1ccc(NC(=O)CN2CN(c3ccccc3)C3(CCN(C(=O)Cc4ccc(F)cc4)CC3)C2=O)cc1. The molecule has 3 amide bonds. The second-order valence-electron chi connectivity index (χ2n) is 9.90. The molecule has 0 saturated carbocycles. The highest BCUT2D eigenvalue weighted by Crippen LogP contribution is 2.39. The van der Waals surface area contributed by atoms with Crippen molar-refractivity contribution in [1.82, 2.24) is 9.80 Å². The second kappa shape index (κ2) is 11.1. The number of likely N-dealkylation sites (tertiary alicyclic amines) is 1. The van der Waals surface area contributed by atoms with Gasteiger partial charge in [0, 0.05) is 24.5 Å². The van der Waals surface area contributed by atoms with Crippen molar-refractivity contribution in [2.45, 2.75) is 24.8 Å². The summed E-state index contributed by atoms with van der Waals surface area (Å²) in [5, 5.41) is 2.85. The lowest BCUT2D eigenvalue weighted by molar-refractivity contribution is -0.139. The Morgan fingerprint density at radius 1 is 0.949 bits per heavy atom. The van der Waals surface area contributed by atoms with Crippen LogP contribution in [-0.2, 0) is 20.8 Å². The molecule has 5 rings (SSSR count). The third kappa shape index (κ3) is 5.57. The average molecular weight is 531 g/mol. The molecule has 9 heteroatoms. The topological polar surface area (TPSA) is 82.2 Å². The van der Waals surface area contributed by atoms with Crippen molar-refractivity contribution >= 4 is 29.1 Å². The Balaban J connectivity index is 1.28. The van der Waals surface area contributed by atoms with E-state index in [9.17, 15) is 18.8 Å². The van der Waals surface area contributed by atoms with Crippen LogP contribution in [0, 0.1) is 5.82 Å². The van der Waals surface area contributed by atoms with Crippen LogP contribution in [0.3, 0.4) is 0 Å². The van der Waals surface area contributed by atoms with Crippen molar-refractivity contribution in [1.29, 1.82) is 0 Å². The zero-order chi connectivity index (χ0) is 27.4. The number of amides is 3. The van der Waals surface area contributed by atoms with E-state index < -0.39 is 5.54 Å². The van der Waals surface area contributed by atoms with E-state index in [-0.39, 0.29) is 43.2 Å². The van der Waals surface area contributed by atoms with E-state index >= 15 is 0 Å². The van der Waals surface area contributed by atoms with Crippen LogP contribution in [0.15, 0.2) is 78.9 Å². The summed E-state index contributed by atoms with van der Waals surface area (Å²) in [6.45, 7) is 1.04. The molecular formula is C30H31FN4O4. The lowest BCUT2D eigenvalue weighted by Crippen LogP contribution is -2.57. The molecule has 2 saturated heterocycles. The maximum Gasteiger partial charge on any atom is 0.250 e. The molecule has 3 aromatic rings. The van der Waals surface area contributed by atoms with Crippen molar-refractivity contribution in [2.24, 2.45) is 0 Å². The number of piperidine rings is 1. The van der Waals surface area contributed by atoms with Gasteiger partial charge in [-0.3, -0.25) is 14.4 Å². The monoisotopic (exact) mass is 530 g/mol. The number of methoxy groups -OCH3 is 1. The number of halogens is 1. The second-order valence-corrected chi connectivity index (χ2v) is 9.90. The summed E-state index contributed by atoms with van der Waals surface area (Å²) < 4.78 is 18.4. The summed E-state index contributed by atoms with van der Waals surface area (Å²) in [5.41, 5.74) is 1.43. The molecule has 2 fully saturated rings. The summed E-state index contributed by atoms with van der Waals surface area (Å²) in [5.74, 6) is -0.101. The molecule has 0 radical (unpaired) electrons. The Labute approximate surface area is 227 Å². The van der Waals surface area contributed by atoms with Crippen molar-refractivity contribution in [3.05, 3.63) is 90.2 Å². The number of benzene rings is 3. The number of rotatable bonds is 7. The molecule has 202 valence electrons. The van der Waals surface area contributed by atoms with E-state index in [0.717, 1.165) is 11.3 Å². The minimum atomic E-state index is -0.839. The van der Waals surface area contributed by atoms with Gasteiger partial charge in [0.1, 0.15) is 23.7 Å². The maximum absolute atomic E-state index is 13.9. The lowest BCUT2D eigenvalue weighted by Gasteiger charge is -2.43. The van der Waals surface area contributed by atoms with Crippen molar-refractivity contribution in [3.63, 3.8) is 0 Å². The van der Waals surface area contributed by atoms with Crippen LogP contribution >= 0.6 is 0 Å². The Morgan fingerprint density at radius 2 is 1.62 bits per heavy atom. The van der Waals surface area contributed by atoms with Crippen LogP contribution in [0.5, 0.6) is 5.75 Å². The number of hydrogen-bond donors (Lipinski definition) is 1. The van der Waals surface area contributed by atoms with Gasteiger partial charge < -0.3 is 24.8 Å². The number of nitrogens with one attached hydrogen (secondary N) is 1. The third-order valence-corrected chi connectivity index (χ3v) is 7.50. The standard InChI is InChI=1S/C30H31FN4O4/c1-39-26-13-11-24(12-14-26)32-27(36)20-34-21-35(25-5-3-2-4-6-25)30(29(34)38)15-17-33(18-16-30)28(37)19-22-7-9-23(31)10-8-22/h2-14H,15-21H2,1H3,(H,32,36). The number of para-hydroxylation sites is 1. The van der Waals surface area contributed by atoms with Crippen LogP contribution in [-0.4, -0.2) is 66.5 Å². The van der Waals surface area contributed by atoms with Crippen LogP contribution in [0.4, 0.5) is 15.8 Å². The summed E-state index contributed by atoms with van der Waals surface area (Å²) >= 11 is 0.